The molecule has 0 spiro atoms. The first-order valence-corrected chi connectivity index (χ1v) is 16.2. The highest BCUT2D eigenvalue weighted by Gasteiger charge is 2.54. The number of nitrogens with one attached hydrogen (secondary N) is 1. The second-order valence-corrected chi connectivity index (χ2v) is 13.4. The summed E-state index contributed by atoms with van der Waals surface area (Å²) in [6.07, 6.45) is 3.93. The van der Waals surface area contributed by atoms with Crippen molar-refractivity contribution >= 4 is 47.1 Å². The number of rotatable bonds is 8. The molecule has 230 valence electrons. The minimum absolute atomic E-state index is 0.152. The van der Waals surface area contributed by atoms with Gasteiger partial charge in [0.05, 0.1) is 6.20 Å². The Kier molecular flexibility index (Phi) is 8.68. The van der Waals surface area contributed by atoms with Crippen molar-refractivity contribution in [2.75, 3.05) is 5.75 Å². The lowest BCUT2D eigenvalue weighted by atomic mass is 10.0. The van der Waals surface area contributed by atoms with Crippen molar-refractivity contribution < 1.29 is 23.9 Å². The van der Waals surface area contributed by atoms with Crippen LogP contribution in [-0.2, 0) is 19.1 Å². The molecule has 0 aliphatic carbocycles. The van der Waals surface area contributed by atoms with Crippen LogP contribution in [0.1, 0.15) is 38.0 Å². The van der Waals surface area contributed by atoms with Crippen LogP contribution in [0.5, 0.6) is 0 Å². The lowest BCUT2D eigenvalue weighted by Crippen LogP contribution is -2.70. The molecule has 1 N–H and O–H groups in total. The van der Waals surface area contributed by atoms with E-state index in [4.69, 9.17) is 9.47 Å². The molecule has 45 heavy (non-hydrogen) atoms. The first-order valence-electron chi connectivity index (χ1n) is 14.3. The summed E-state index contributed by atoms with van der Waals surface area (Å²) in [7, 11) is 0. The molecule has 2 aliphatic heterocycles. The highest BCUT2D eigenvalue weighted by Crippen LogP contribution is 2.42. The molecule has 10 nitrogen and oxygen atoms in total. The van der Waals surface area contributed by atoms with Crippen molar-refractivity contribution in [1.29, 1.82) is 0 Å². The van der Waals surface area contributed by atoms with Gasteiger partial charge in [0, 0.05) is 18.0 Å². The van der Waals surface area contributed by atoms with Gasteiger partial charge >= 0.3 is 12.1 Å². The smallest absolute Gasteiger partial charge is 0.408 e. The highest BCUT2D eigenvalue weighted by atomic mass is 32.2. The molecule has 0 saturated carbocycles. The Morgan fingerprint density at radius 3 is 2.40 bits per heavy atom. The van der Waals surface area contributed by atoms with Gasteiger partial charge in [-0.05, 0) is 55.0 Å². The maximum absolute atomic E-state index is 14.1. The summed E-state index contributed by atoms with van der Waals surface area (Å²) in [5, 5.41) is 8.95. The van der Waals surface area contributed by atoms with E-state index in [-0.39, 0.29) is 5.70 Å². The number of thioether (sulfide) groups is 2. The fourth-order valence-corrected chi connectivity index (χ4v) is 6.96. The summed E-state index contributed by atoms with van der Waals surface area (Å²) in [6.45, 7) is 5.26. The molecule has 2 aliphatic rings. The van der Waals surface area contributed by atoms with Gasteiger partial charge in [-0.3, -0.25) is 9.69 Å². The number of ether oxygens (including phenoxy) is 2. The number of β-lactam (4-membered cyclic amide) rings is 1. The lowest BCUT2D eigenvalue weighted by Gasteiger charge is -2.49. The predicted molar refractivity (Wildman–Crippen MR) is 172 cm³/mol. The number of fused-ring (bicyclic) bond motifs is 2. The third-order valence-electron chi connectivity index (χ3n) is 6.98. The molecule has 0 unspecified atom stereocenters. The number of benzene rings is 2. The number of hydrogen-bond donors (Lipinski definition) is 1. The molecule has 0 radical (unpaired) electrons. The zero-order valence-corrected chi connectivity index (χ0v) is 26.5. The largest absolute Gasteiger partial charge is 0.448 e. The molecule has 4 aromatic rings. The van der Waals surface area contributed by atoms with Crippen LogP contribution in [0.3, 0.4) is 0 Å². The van der Waals surface area contributed by atoms with Gasteiger partial charge in [-0.1, -0.05) is 72.4 Å². The molecule has 2 aromatic carbocycles. The molecule has 12 heteroatoms. The Bertz CT molecular complexity index is 1750. The fraction of sp³-hybridized carbons (Fsp3) is 0.242. The van der Waals surface area contributed by atoms with E-state index >= 15 is 0 Å². The van der Waals surface area contributed by atoms with E-state index in [0.717, 1.165) is 21.8 Å². The summed E-state index contributed by atoms with van der Waals surface area (Å²) >= 11 is 2.84. The Hall–Kier alpha value is -4.55. The van der Waals surface area contributed by atoms with Crippen LogP contribution in [0.2, 0.25) is 0 Å². The Morgan fingerprint density at radius 1 is 1.04 bits per heavy atom. The normalized spacial score (nSPS) is 18.2. The quantitative estimate of drug-likeness (QED) is 0.111. The number of hydrogen-bond acceptors (Lipinski definition) is 9. The van der Waals surface area contributed by atoms with Crippen LogP contribution in [0.25, 0.3) is 5.65 Å². The highest BCUT2D eigenvalue weighted by molar-refractivity contribution is 8.02. The lowest BCUT2D eigenvalue weighted by molar-refractivity contribution is -0.153. The SMILES string of the molecule is CC(C)(C)OC(=O)N[C@@H]1C(=O)N2C(C(=O)OC(c3ccccc3)c3ccccc3)=C(/C=C/Sc3ccn4nccc4n3)CS[C@H]12. The summed E-state index contributed by atoms with van der Waals surface area (Å²) in [6, 6.07) is 21.8. The number of esters is 1. The van der Waals surface area contributed by atoms with Crippen LogP contribution in [0, 0.1) is 0 Å². The average molecular weight is 642 g/mol. The number of carbonyl (C=O) groups excluding carboxylic acids is 3. The van der Waals surface area contributed by atoms with Gasteiger partial charge in [-0.2, -0.15) is 5.10 Å². The van der Waals surface area contributed by atoms with E-state index < -0.39 is 41.1 Å². The van der Waals surface area contributed by atoms with Gasteiger partial charge in [0.25, 0.3) is 5.91 Å². The van der Waals surface area contributed by atoms with Gasteiger partial charge < -0.3 is 14.8 Å². The summed E-state index contributed by atoms with van der Waals surface area (Å²) in [5.74, 6) is -0.628. The number of amides is 2. The van der Waals surface area contributed by atoms with Gasteiger partial charge in [0.2, 0.25) is 0 Å². The molecule has 6 rings (SSSR count). The number of carbonyl (C=O) groups is 3. The van der Waals surface area contributed by atoms with Crippen LogP contribution >= 0.6 is 23.5 Å². The first-order chi connectivity index (χ1) is 21.7. The van der Waals surface area contributed by atoms with Crippen LogP contribution < -0.4 is 5.32 Å². The van der Waals surface area contributed by atoms with Gasteiger partial charge in [0.15, 0.2) is 11.8 Å². The van der Waals surface area contributed by atoms with Crippen molar-refractivity contribution in [2.24, 2.45) is 0 Å². The second kappa shape index (κ2) is 12.8. The number of nitrogens with zero attached hydrogens (tertiary/aromatic N) is 4. The molecule has 1 saturated heterocycles. The average Bonchev–Trinajstić information content (AvgIpc) is 3.50. The summed E-state index contributed by atoms with van der Waals surface area (Å²) in [4.78, 5) is 46.2. The maximum Gasteiger partial charge on any atom is 0.408 e. The topological polar surface area (TPSA) is 115 Å². The number of aromatic nitrogens is 3. The van der Waals surface area contributed by atoms with Gasteiger partial charge in [-0.25, -0.2) is 19.1 Å². The Labute approximate surface area is 268 Å². The zero-order valence-electron chi connectivity index (χ0n) is 24.8. The molecular weight excluding hydrogens is 611 g/mol. The number of allylic oxidation sites excluding steroid dienone is 1. The maximum atomic E-state index is 14.1. The standard InChI is InChI=1S/C33H31N5O5S2/c1-33(2,3)43-32(41)36-26-29(39)38-27(31(40)42-28(21-10-6-4-7-11-21)22-12-8-5-9-13-22)23(20-45-30(26)38)16-19-44-25-15-18-37-24(35-25)14-17-34-37/h4-19,26,28,30H,20H2,1-3H3,(H,36,41)/b19-16+/t26-,30-/m1/s1. The van der Waals surface area contributed by atoms with Crippen LogP contribution in [-0.4, -0.2) is 60.2 Å². The van der Waals surface area contributed by atoms with E-state index in [1.165, 1.54) is 28.4 Å². The summed E-state index contributed by atoms with van der Waals surface area (Å²) < 4.78 is 13.3. The first kappa shape index (κ1) is 30.5. The molecule has 0 bridgehead atoms. The summed E-state index contributed by atoms with van der Waals surface area (Å²) in [5.41, 5.74) is 2.38. The fourth-order valence-electron chi connectivity index (χ4n) is 4.99. The van der Waals surface area contributed by atoms with Crippen LogP contribution in [0.15, 0.2) is 113 Å². The third-order valence-corrected chi connectivity index (χ3v) is 9.03. The molecule has 4 heterocycles. The number of alkyl carbamates (subject to hydrolysis) is 1. The van der Waals surface area contributed by atoms with E-state index in [9.17, 15) is 14.4 Å². The van der Waals surface area contributed by atoms with Gasteiger partial charge in [-0.15, -0.1) is 11.8 Å². The van der Waals surface area contributed by atoms with Crippen molar-refractivity contribution in [3.63, 3.8) is 0 Å². The van der Waals surface area contributed by atoms with E-state index in [1.54, 1.807) is 31.5 Å². The van der Waals surface area contributed by atoms with Crippen molar-refractivity contribution in [2.45, 2.75) is 48.9 Å². The van der Waals surface area contributed by atoms with Gasteiger partial charge in [0.1, 0.15) is 27.7 Å². The van der Waals surface area contributed by atoms with E-state index in [2.05, 4.69) is 15.4 Å². The molecule has 2 aromatic heterocycles. The molecular formula is C33H31N5O5S2. The second-order valence-electron chi connectivity index (χ2n) is 11.3. The predicted octanol–water partition coefficient (Wildman–Crippen LogP) is 5.73. The third kappa shape index (κ3) is 6.76. The van der Waals surface area contributed by atoms with Crippen molar-refractivity contribution in [1.82, 2.24) is 24.8 Å². The molecule has 1 fully saturated rings. The zero-order chi connectivity index (χ0) is 31.6. The van der Waals surface area contributed by atoms with E-state index in [1.807, 2.05) is 90.5 Å². The van der Waals surface area contributed by atoms with Crippen LogP contribution in [0.4, 0.5) is 4.79 Å². The Balaban J connectivity index is 1.30. The minimum Gasteiger partial charge on any atom is -0.448 e. The van der Waals surface area contributed by atoms with Crippen molar-refractivity contribution in [3.05, 3.63) is 119 Å². The van der Waals surface area contributed by atoms with E-state index in [0.29, 0.717) is 11.3 Å². The van der Waals surface area contributed by atoms with Crippen molar-refractivity contribution in [3.8, 4) is 0 Å². The molecule has 2 amide bonds. The monoisotopic (exact) mass is 641 g/mol. The Morgan fingerprint density at radius 2 is 1.73 bits per heavy atom. The minimum atomic E-state index is -0.835. The molecule has 2 atom stereocenters.